The van der Waals surface area contributed by atoms with E-state index < -0.39 is 16.1 Å². The first kappa shape index (κ1) is 53.4. The fourth-order valence-electron chi connectivity index (χ4n) is 9.68. The number of rotatable bonds is 9. The predicted molar refractivity (Wildman–Crippen MR) is 314 cm³/mol. The van der Waals surface area contributed by atoms with E-state index in [1.807, 2.05) is 6.20 Å². The number of phenols is 1. The Morgan fingerprint density at radius 3 is 1.59 bits per heavy atom. The molecule has 0 aliphatic rings. The van der Waals surface area contributed by atoms with Gasteiger partial charge in [-0.3, -0.25) is 9.55 Å². The van der Waals surface area contributed by atoms with E-state index in [0.717, 1.165) is 72.5 Å². The van der Waals surface area contributed by atoms with Crippen LogP contribution in [0.3, 0.4) is 0 Å². The molecule has 376 valence electrons. The first-order valence-corrected chi connectivity index (χ1v) is 32.6. The van der Waals surface area contributed by atoms with E-state index in [1.54, 1.807) is 0 Å². The number of aromatic nitrogens is 3. The summed E-state index contributed by atoms with van der Waals surface area (Å²) in [5.74, 6) is 0.927. The largest absolute Gasteiger partial charge is 0.507 e. The number of pyridine rings is 1. The van der Waals surface area contributed by atoms with E-state index in [4.69, 9.17) is 9.97 Å². The van der Waals surface area contributed by atoms with Gasteiger partial charge in [0.2, 0.25) is 0 Å². The third-order valence-electron chi connectivity index (χ3n) is 14.3. The van der Waals surface area contributed by atoms with Crippen molar-refractivity contribution in [3.05, 3.63) is 181 Å². The van der Waals surface area contributed by atoms with E-state index in [-0.39, 0.29) is 43.1 Å². The van der Waals surface area contributed by atoms with Crippen LogP contribution in [-0.2, 0) is 37.3 Å². The van der Waals surface area contributed by atoms with Gasteiger partial charge in [0, 0.05) is 44.1 Å². The van der Waals surface area contributed by atoms with E-state index in [2.05, 4.69) is 264 Å². The molecule has 0 fully saturated rings. The van der Waals surface area contributed by atoms with Gasteiger partial charge in [-0.1, -0.05) is 232 Å². The van der Waals surface area contributed by atoms with Crippen LogP contribution in [0.4, 0.5) is 0 Å². The van der Waals surface area contributed by atoms with Crippen molar-refractivity contribution in [1.29, 1.82) is 0 Å². The minimum Gasteiger partial charge on any atom is -0.507 e. The molecule has 73 heavy (non-hydrogen) atoms. The summed E-state index contributed by atoms with van der Waals surface area (Å²) in [6, 6.07) is 59.4. The first-order chi connectivity index (χ1) is 33.8. The molecule has 2 heterocycles. The summed E-state index contributed by atoms with van der Waals surface area (Å²) in [6.07, 6.45) is 1.92. The first-order valence-electron chi connectivity index (χ1n) is 25.6. The average molecular weight is 1170 g/mol. The van der Waals surface area contributed by atoms with Gasteiger partial charge < -0.3 is 5.11 Å². The second kappa shape index (κ2) is 19.7. The maximum atomic E-state index is 12.7. The molecule has 9 rings (SSSR count). The van der Waals surface area contributed by atoms with Crippen LogP contribution in [0.1, 0.15) is 79.0 Å². The number of hydrogen-bond acceptors (Lipinski definition) is 3. The smallest absolute Gasteiger partial charge is 0.148 e. The number of aromatic hydroxyl groups is 1. The van der Waals surface area contributed by atoms with Gasteiger partial charge in [-0.15, -0.1) is 29.3 Å². The summed E-state index contributed by atoms with van der Waals surface area (Å²) in [5.41, 5.74) is 16.4. The van der Waals surface area contributed by atoms with Crippen LogP contribution in [0.5, 0.6) is 5.75 Å². The Kier molecular flexibility index (Phi) is 14.4. The molecular weight excluding hydrogens is 1100 g/mol. The third kappa shape index (κ3) is 11.0. The monoisotopic (exact) mass is 1170 g/mol. The number of nitrogens with zero attached hydrogens (tertiary/aromatic N) is 3. The van der Waals surface area contributed by atoms with Gasteiger partial charge in [0.1, 0.15) is 11.6 Å². The quantitative estimate of drug-likeness (QED) is 0.116. The van der Waals surface area contributed by atoms with E-state index in [9.17, 15) is 5.11 Å². The van der Waals surface area contributed by atoms with Crippen molar-refractivity contribution in [2.24, 2.45) is 0 Å². The van der Waals surface area contributed by atoms with Gasteiger partial charge in [0.25, 0.3) is 0 Å². The molecule has 0 radical (unpaired) electrons. The summed E-state index contributed by atoms with van der Waals surface area (Å²) in [6.45, 7) is 34.4. The van der Waals surface area contributed by atoms with Crippen LogP contribution in [0, 0.1) is 6.07 Å². The molecule has 7 aromatic carbocycles. The molecule has 7 heteroatoms. The Bertz CT molecular complexity index is 3470. The van der Waals surface area contributed by atoms with Crippen LogP contribution in [0.2, 0.25) is 39.3 Å². The zero-order valence-electron chi connectivity index (χ0n) is 45.6. The van der Waals surface area contributed by atoms with Gasteiger partial charge in [-0.2, -0.15) is 0 Å². The topological polar surface area (TPSA) is 50.9 Å². The van der Waals surface area contributed by atoms with Crippen molar-refractivity contribution in [1.82, 2.24) is 14.5 Å². The van der Waals surface area contributed by atoms with Gasteiger partial charge in [0.05, 0.1) is 38.4 Å². The Hall–Kier alpha value is -5.92. The molecule has 0 spiro atoms. The molecule has 4 nitrogen and oxygen atoms in total. The number of imidazole rings is 1. The number of para-hydroxylation sites is 1. The van der Waals surface area contributed by atoms with E-state index in [0.29, 0.717) is 11.4 Å². The molecule has 0 bridgehead atoms. The molecule has 1 N–H and O–H groups in total. The van der Waals surface area contributed by atoms with Gasteiger partial charge in [-0.05, 0) is 80.0 Å². The van der Waals surface area contributed by atoms with Crippen LogP contribution in [0.15, 0.2) is 158 Å². The fourth-order valence-corrected chi connectivity index (χ4v) is 12.0. The van der Waals surface area contributed by atoms with Gasteiger partial charge >= 0.3 is 0 Å². The van der Waals surface area contributed by atoms with Crippen molar-refractivity contribution < 1.29 is 26.2 Å². The minimum absolute atomic E-state index is 0. The zero-order valence-corrected chi connectivity index (χ0v) is 49.9. The Morgan fingerprint density at radius 1 is 0.479 bits per heavy atom. The zero-order chi connectivity index (χ0) is 51.7. The van der Waals surface area contributed by atoms with Gasteiger partial charge in [0.15, 0.2) is 0 Å². The number of fused-ring (bicyclic) bond motifs is 1. The van der Waals surface area contributed by atoms with Gasteiger partial charge in [-0.25, -0.2) is 4.98 Å². The molecule has 0 aliphatic heterocycles. The molecule has 0 saturated carbocycles. The summed E-state index contributed by atoms with van der Waals surface area (Å²) in [4.78, 5) is 10.7. The van der Waals surface area contributed by atoms with E-state index in [1.165, 1.54) is 27.1 Å². The summed E-state index contributed by atoms with van der Waals surface area (Å²) in [5, 5.41) is 15.6. The van der Waals surface area contributed by atoms with Crippen molar-refractivity contribution in [2.75, 3.05) is 0 Å². The summed E-state index contributed by atoms with van der Waals surface area (Å²) >= 11 is 0. The molecule has 0 atom stereocenters. The van der Waals surface area contributed by atoms with Crippen molar-refractivity contribution in [2.45, 2.75) is 118 Å². The minimum atomic E-state index is -1.49. The average Bonchev–Trinajstić information content (AvgIpc) is 3.72. The molecular formula is C66H72N3OPtSi2-. The van der Waals surface area contributed by atoms with Crippen LogP contribution in [-0.4, -0.2) is 35.8 Å². The Balaban J connectivity index is 0.00000711. The molecule has 2 aromatic heterocycles. The second-order valence-corrected chi connectivity index (χ2v) is 35.1. The summed E-state index contributed by atoms with van der Waals surface area (Å²) in [7, 11) is -2.93. The second-order valence-electron chi connectivity index (χ2n) is 25.0. The molecule has 0 saturated heterocycles. The molecule has 0 aliphatic carbocycles. The van der Waals surface area contributed by atoms with Crippen LogP contribution < -0.4 is 10.4 Å². The van der Waals surface area contributed by atoms with E-state index >= 15 is 0 Å². The molecule has 9 aromatic rings. The number of phenolic OH excluding ortho intramolecular Hbond substituents is 1. The van der Waals surface area contributed by atoms with Crippen LogP contribution >= 0.6 is 0 Å². The number of hydrogen-bond donors (Lipinski definition) is 1. The maximum Gasteiger partial charge on any atom is 0.148 e. The third-order valence-corrected chi connectivity index (χ3v) is 18.4. The Morgan fingerprint density at radius 2 is 1.03 bits per heavy atom. The SMILES string of the molecule is CC(C)(C)c1cc(-c2cc(-c3ccc([Si](C)(C)C)cc3)ccn2)[c-]c(-c2cccc3c2nc(-c2cc(C(C)(C)C)cc(C(C)(C)C)c2O)n3-c2ccc(-c3ccc([Si](C)(C)C)cc3)cc2-c2ccccc2)c1.[Pt]. The fraction of sp³-hybridized carbons (Fsp3) is 0.273. The number of benzene rings is 7. The van der Waals surface area contributed by atoms with Crippen LogP contribution in [0.25, 0.3) is 83.9 Å². The predicted octanol–water partition coefficient (Wildman–Crippen LogP) is 16.9. The molecule has 0 amide bonds. The van der Waals surface area contributed by atoms with Crippen molar-refractivity contribution >= 4 is 37.6 Å². The van der Waals surface area contributed by atoms with Crippen molar-refractivity contribution in [3.8, 4) is 78.6 Å². The Labute approximate surface area is 452 Å². The normalized spacial score (nSPS) is 12.5. The van der Waals surface area contributed by atoms with Crippen molar-refractivity contribution in [3.63, 3.8) is 0 Å². The molecule has 0 unspecified atom stereocenters. The standard InChI is InChI=1S/C66H72N3OSi2.Pt/c1-64(2,3)50-37-48(36-49(38-50)58-40-47(34-35-67-58)44-26-31-53(32-27-44)72(13,14)15)54-22-19-23-60-61(54)68-63(56-41-51(65(4,5)6)42-57(62(56)70)66(7,8)9)69(60)59-33-28-46(39-55(59)45-20-17-16-18-21-45)43-24-29-52(30-25-43)71(10,11)12;/h16-35,37-42,70H,1-15H3;/q-1;. The summed E-state index contributed by atoms with van der Waals surface area (Å²) < 4.78 is 2.29. The maximum absolute atomic E-state index is 12.7.